The van der Waals surface area contributed by atoms with E-state index in [1.165, 1.54) is 12.1 Å². The third kappa shape index (κ3) is 1.98. The number of halogens is 2. The zero-order valence-corrected chi connectivity index (χ0v) is 11.7. The van der Waals surface area contributed by atoms with E-state index in [2.05, 4.69) is 0 Å². The van der Waals surface area contributed by atoms with Gasteiger partial charge in [-0.1, -0.05) is 0 Å². The first-order valence-electron chi connectivity index (χ1n) is 7.54. The van der Waals surface area contributed by atoms with Gasteiger partial charge in [-0.25, -0.2) is 8.78 Å². The molecule has 0 bridgehead atoms. The first kappa shape index (κ1) is 13.2. The molecule has 1 aromatic carbocycles. The summed E-state index contributed by atoms with van der Waals surface area (Å²) in [4.78, 5) is 14.3. The molecule has 112 valence electrons. The van der Waals surface area contributed by atoms with Crippen LogP contribution in [0.25, 0.3) is 0 Å². The number of hydrogen-bond donors (Lipinski definition) is 1. The molecule has 2 saturated carbocycles. The minimum absolute atomic E-state index is 0.0394. The van der Waals surface area contributed by atoms with Crippen molar-refractivity contribution < 1.29 is 13.6 Å². The van der Waals surface area contributed by atoms with Gasteiger partial charge in [0.15, 0.2) is 11.6 Å². The quantitative estimate of drug-likeness (QED) is 0.862. The summed E-state index contributed by atoms with van der Waals surface area (Å²) < 4.78 is 26.5. The molecule has 2 fully saturated rings. The normalized spacial score (nSPS) is 33.6. The number of carbonyl (C=O) groups is 1. The number of nitrogens with zero attached hydrogens (tertiary/aromatic N) is 1. The molecular formula is C16H18F2N2O. The van der Waals surface area contributed by atoms with Crippen molar-refractivity contribution >= 4 is 5.91 Å². The lowest BCUT2D eigenvalue weighted by atomic mass is 9.72. The maximum absolute atomic E-state index is 13.3. The molecule has 2 aliphatic carbocycles. The predicted molar refractivity (Wildman–Crippen MR) is 72.9 cm³/mol. The van der Waals surface area contributed by atoms with Gasteiger partial charge >= 0.3 is 0 Å². The van der Waals surface area contributed by atoms with E-state index < -0.39 is 11.6 Å². The summed E-state index contributed by atoms with van der Waals surface area (Å²) in [6.45, 7) is 0.784. The van der Waals surface area contributed by atoms with Crippen molar-refractivity contribution in [3.05, 3.63) is 34.9 Å². The summed E-state index contributed by atoms with van der Waals surface area (Å²) in [7, 11) is 0. The molecule has 3 nitrogen and oxygen atoms in total. The molecular weight excluding hydrogens is 274 g/mol. The molecule has 1 unspecified atom stereocenters. The molecule has 0 aromatic heterocycles. The van der Waals surface area contributed by atoms with Gasteiger partial charge in [0, 0.05) is 25.0 Å². The summed E-state index contributed by atoms with van der Waals surface area (Å²) in [5.41, 5.74) is 7.42. The van der Waals surface area contributed by atoms with Gasteiger partial charge in [-0.15, -0.1) is 0 Å². The average Bonchev–Trinajstić information content (AvgIpc) is 2.99. The fourth-order valence-electron chi connectivity index (χ4n) is 4.29. The van der Waals surface area contributed by atoms with Crippen LogP contribution in [0.3, 0.4) is 0 Å². The van der Waals surface area contributed by atoms with Gasteiger partial charge in [0.25, 0.3) is 0 Å². The lowest BCUT2D eigenvalue weighted by Crippen LogP contribution is -2.44. The maximum atomic E-state index is 13.3. The standard InChI is InChI=1S/C16H18F2N2O/c17-13-3-10-6-20(7-11(10)4-14(13)18)16(21)9-1-8-5-15(19)12(8)2-9/h3-4,8-9,12,15H,1-2,5-7,19H2/t8-,9?,12-,15+/m0/s1. The molecule has 0 saturated heterocycles. The van der Waals surface area contributed by atoms with E-state index in [4.69, 9.17) is 5.73 Å². The first-order chi connectivity index (χ1) is 10.0. The number of hydrogen-bond acceptors (Lipinski definition) is 2. The topological polar surface area (TPSA) is 46.3 Å². The Morgan fingerprint density at radius 2 is 1.71 bits per heavy atom. The molecule has 5 heteroatoms. The van der Waals surface area contributed by atoms with Gasteiger partial charge in [-0.3, -0.25) is 4.79 Å². The zero-order chi connectivity index (χ0) is 14.7. The summed E-state index contributed by atoms with van der Waals surface area (Å²) >= 11 is 0. The van der Waals surface area contributed by atoms with Crippen LogP contribution in [-0.4, -0.2) is 16.8 Å². The second-order valence-corrected chi connectivity index (χ2v) is 6.72. The van der Waals surface area contributed by atoms with Crippen LogP contribution in [0, 0.1) is 29.4 Å². The molecule has 1 amide bonds. The number of benzene rings is 1. The highest BCUT2D eigenvalue weighted by molar-refractivity contribution is 5.80. The molecule has 3 aliphatic rings. The van der Waals surface area contributed by atoms with Crippen LogP contribution in [-0.2, 0) is 17.9 Å². The Bertz CT molecular complexity index is 588. The van der Waals surface area contributed by atoms with Crippen LogP contribution in [0.15, 0.2) is 12.1 Å². The van der Waals surface area contributed by atoms with Crippen LogP contribution in [0.4, 0.5) is 8.78 Å². The Kier molecular flexibility index (Phi) is 2.83. The molecule has 1 heterocycles. The van der Waals surface area contributed by atoms with Crippen LogP contribution in [0.5, 0.6) is 0 Å². The Labute approximate surface area is 122 Å². The van der Waals surface area contributed by atoms with Gasteiger partial charge in [0.2, 0.25) is 5.91 Å². The smallest absolute Gasteiger partial charge is 0.226 e. The number of nitrogens with two attached hydrogens (primary N) is 1. The fraction of sp³-hybridized carbons (Fsp3) is 0.562. The number of fused-ring (bicyclic) bond motifs is 2. The van der Waals surface area contributed by atoms with Crippen molar-refractivity contribution in [1.29, 1.82) is 0 Å². The summed E-state index contributed by atoms with van der Waals surface area (Å²) in [5, 5.41) is 0. The van der Waals surface area contributed by atoms with Gasteiger partial charge in [-0.05, 0) is 54.4 Å². The number of rotatable bonds is 1. The van der Waals surface area contributed by atoms with Crippen molar-refractivity contribution in [3.63, 3.8) is 0 Å². The van der Waals surface area contributed by atoms with E-state index in [-0.39, 0.29) is 17.9 Å². The van der Waals surface area contributed by atoms with E-state index >= 15 is 0 Å². The van der Waals surface area contributed by atoms with Gasteiger partial charge in [-0.2, -0.15) is 0 Å². The van der Waals surface area contributed by atoms with E-state index in [0.717, 1.165) is 30.4 Å². The third-order valence-corrected chi connectivity index (χ3v) is 5.50. The van der Waals surface area contributed by atoms with Crippen molar-refractivity contribution in [3.8, 4) is 0 Å². The maximum Gasteiger partial charge on any atom is 0.226 e. The van der Waals surface area contributed by atoms with Crippen LogP contribution < -0.4 is 5.73 Å². The second kappa shape index (κ2) is 4.50. The molecule has 1 aromatic rings. The number of carbonyl (C=O) groups excluding carboxylic acids is 1. The Morgan fingerprint density at radius 3 is 2.24 bits per heavy atom. The lowest BCUT2D eigenvalue weighted by molar-refractivity contribution is -0.136. The molecule has 21 heavy (non-hydrogen) atoms. The second-order valence-electron chi connectivity index (χ2n) is 6.72. The minimum atomic E-state index is -0.840. The van der Waals surface area contributed by atoms with E-state index in [1.807, 2.05) is 0 Å². The van der Waals surface area contributed by atoms with Crippen molar-refractivity contribution in [2.75, 3.05) is 0 Å². The molecule has 0 spiro atoms. The van der Waals surface area contributed by atoms with E-state index in [1.54, 1.807) is 4.90 Å². The molecule has 0 radical (unpaired) electrons. The van der Waals surface area contributed by atoms with Gasteiger partial charge in [0.1, 0.15) is 0 Å². The van der Waals surface area contributed by atoms with Gasteiger partial charge < -0.3 is 10.6 Å². The van der Waals surface area contributed by atoms with Crippen molar-refractivity contribution in [2.24, 2.45) is 23.5 Å². The van der Waals surface area contributed by atoms with Crippen LogP contribution >= 0.6 is 0 Å². The highest BCUT2D eigenvalue weighted by atomic mass is 19.2. The average molecular weight is 292 g/mol. The van der Waals surface area contributed by atoms with E-state index in [0.29, 0.717) is 24.9 Å². The summed E-state index contributed by atoms with van der Waals surface area (Å²) in [6, 6.07) is 2.69. The molecule has 4 rings (SSSR count). The Hall–Kier alpha value is -1.49. The first-order valence-corrected chi connectivity index (χ1v) is 7.54. The monoisotopic (exact) mass is 292 g/mol. The highest BCUT2D eigenvalue weighted by Crippen LogP contribution is 2.49. The van der Waals surface area contributed by atoms with Gasteiger partial charge in [0.05, 0.1) is 0 Å². The van der Waals surface area contributed by atoms with Crippen LogP contribution in [0.1, 0.15) is 30.4 Å². The molecule has 1 aliphatic heterocycles. The van der Waals surface area contributed by atoms with E-state index in [9.17, 15) is 13.6 Å². The highest BCUT2D eigenvalue weighted by Gasteiger charge is 2.48. The van der Waals surface area contributed by atoms with Crippen molar-refractivity contribution in [2.45, 2.75) is 38.4 Å². The Morgan fingerprint density at radius 1 is 1.10 bits per heavy atom. The largest absolute Gasteiger partial charge is 0.334 e. The van der Waals surface area contributed by atoms with Crippen LogP contribution in [0.2, 0.25) is 0 Å². The molecule has 4 atom stereocenters. The molecule has 2 N–H and O–H groups in total. The SMILES string of the molecule is N[C@@H]1C[C@@H]2CC(C(=O)N3Cc4cc(F)c(F)cc4C3)C[C@@H]21. The lowest BCUT2D eigenvalue weighted by Gasteiger charge is -2.37. The fourth-order valence-corrected chi connectivity index (χ4v) is 4.29. The van der Waals surface area contributed by atoms with Crippen molar-refractivity contribution in [1.82, 2.24) is 4.90 Å². The zero-order valence-electron chi connectivity index (χ0n) is 11.7. The minimum Gasteiger partial charge on any atom is -0.334 e. The summed E-state index contributed by atoms with van der Waals surface area (Å²) in [5.74, 6) is -0.417. The number of amides is 1. The third-order valence-electron chi connectivity index (χ3n) is 5.50. The summed E-state index contributed by atoms with van der Waals surface area (Å²) in [6.07, 6.45) is 2.83. The predicted octanol–water partition coefficient (Wildman–Crippen LogP) is 2.18. The Balaban J connectivity index is 1.48.